The van der Waals surface area contributed by atoms with Gasteiger partial charge in [-0.3, -0.25) is 23.4 Å². The summed E-state index contributed by atoms with van der Waals surface area (Å²) in [4.78, 5) is 47.7. The molecule has 0 aliphatic carbocycles. The standard InChI is InChI=1S/C43H70F3IN3O10P/c1-5-6-7-8-9-10-11-12-13-14-15-18-22-25-40(52)57-33-37(34-59-61(54,55)58-30-29-50(2,3)4)60-41(53)26-23-20-17-16-19-21-24-39(51)56-32-35-27-28-36(31-38(35)47)42(48-49-42)43(44,45)46/h27-28,31,37H,5-26,29-30,32-34H2,1-4H3/p+1. The van der Waals surface area contributed by atoms with Gasteiger partial charge in [-0.15, -0.1) is 10.2 Å². The van der Waals surface area contributed by atoms with E-state index in [2.05, 4.69) is 17.2 Å². The number of phosphoric ester groups is 1. The number of carbonyl (C=O) groups excluding carboxylic acids is 3. The SMILES string of the molecule is CCCCCCCCCCCCCCCC(=O)OCC(COP(=O)(O)OCC[N+](C)(C)C)OC(=O)CCCCCCCCC(=O)OCc1ccc(C2(C(F)(F)F)N=N2)cc1I. The van der Waals surface area contributed by atoms with Crippen molar-refractivity contribution in [3.63, 3.8) is 0 Å². The van der Waals surface area contributed by atoms with Crippen molar-refractivity contribution in [2.45, 2.75) is 173 Å². The third kappa shape index (κ3) is 25.0. The maximum atomic E-state index is 13.3. The van der Waals surface area contributed by atoms with Crippen molar-refractivity contribution < 1.29 is 64.8 Å². The van der Waals surface area contributed by atoms with Gasteiger partial charge < -0.3 is 23.6 Å². The highest BCUT2D eigenvalue weighted by Crippen LogP contribution is 2.52. The summed E-state index contributed by atoms with van der Waals surface area (Å²) in [6, 6.07) is 4.13. The Morgan fingerprint density at radius 1 is 0.738 bits per heavy atom. The quantitative estimate of drug-likeness (QED) is 0.0171. The fourth-order valence-corrected chi connectivity index (χ4v) is 7.76. The van der Waals surface area contributed by atoms with E-state index in [4.69, 9.17) is 23.3 Å². The van der Waals surface area contributed by atoms with Crippen LogP contribution in [0.1, 0.15) is 159 Å². The average molecular weight is 1000 g/mol. The number of unbranched alkanes of at least 4 members (excludes halogenated alkanes) is 17. The molecule has 18 heteroatoms. The lowest BCUT2D eigenvalue weighted by Gasteiger charge is -2.24. The van der Waals surface area contributed by atoms with Crippen LogP contribution in [0.3, 0.4) is 0 Å². The smallest absolute Gasteiger partial charge is 0.462 e. The predicted octanol–water partition coefficient (Wildman–Crippen LogP) is 11.4. The lowest BCUT2D eigenvalue weighted by Crippen LogP contribution is -2.37. The van der Waals surface area contributed by atoms with Crippen LogP contribution in [0.5, 0.6) is 0 Å². The number of hydrogen-bond donors (Lipinski definition) is 1. The van der Waals surface area contributed by atoms with Crippen molar-refractivity contribution in [2.75, 3.05) is 47.5 Å². The van der Waals surface area contributed by atoms with E-state index in [0.29, 0.717) is 39.4 Å². The summed E-state index contributed by atoms with van der Waals surface area (Å²) in [7, 11) is 1.28. The van der Waals surface area contributed by atoms with Crippen molar-refractivity contribution in [2.24, 2.45) is 10.2 Å². The lowest BCUT2D eigenvalue weighted by atomic mass is 10.0. The maximum Gasteiger partial charge on any atom is 0.472 e. The molecule has 2 atom stereocenters. The van der Waals surface area contributed by atoms with Crippen LogP contribution in [-0.2, 0) is 54.5 Å². The van der Waals surface area contributed by atoms with Crippen LogP contribution < -0.4 is 0 Å². The van der Waals surface area contributed by atoms with Crippen LogP contribution in [-0.4, -0.2) is 87.1 Å². The van der Waals surface area contributed by atoms with Gasteiger partial charge in [0.05, 0.1) is 27.7 Å². The highest BCUT2D eigenvalue weighted by Gasteiger charge is 2.65. The molecule has 1 aliphatic heterocycles. The normalized spacial score (nSPS) is 15.0. The highest BCUT2D eigenvalue weighted by molar-refractivity contribution is 14.1. The molecule has 350 valence electrons. The third-order valence-electron chi connectivity index (χ3n) is 10.2. The average Bonchev–Trinajstić information content (AvgIpc) is 4.01. The summed E-state index contributed by atoms with van der Waals surface area (Å²) in [6.45, 7) is 1.81. The van der Waals surface area contributed by atoms with Gasteiger partial charge in [-0.25, -0.2) is 4.57 Å². The Balaban J connectivity index is 1.64. The van der Waals surface area contributed by atoms with Gasteiger partial charge in [0.2, 0.25) is 0 Å². The zero-order valence-electron chi connectivity index (χ0n) is 36.8. The van der Waals surface area contributed by atoms with Crippen LogP contribution in [0.2, 0.25) is 0 Å². The molecular weight excluding hydrogens is 933 g/mol. The topological polar surface area (TPSA) is 159 Å². The number of rotatable bonds is 36. The number of alkyl halides is 3. The molecule has 1 heterocycles. The van der Waals surface area contributed by atoms with E-state index in [0.717, 1.165) is 44.9 Å². The molecule has 0 radical (unpaired) electrons. The summed E-state index contributed by atoms with van der Waals surface area (Å²) in [5.74, 6) is -1.39. The number of benzene rings is 1. The van der Waals surface area contributed by atoms with Gasteiger partial charge in [0.25, 0.3) is 0 Å². The van der Waals surface area contributed by atoms with Gasteiger partial charge in [-0.1, -0.05) is 122 Å². The Morgan fingerprint density at radius 3 is 1.67 bits per heavy atom. The molecule has 0 fully saturated rings. The zero-order chi connectivity index (χ0) is 45.2. The summed E-state index contributed by atoms with van der Waals surface area (Å²) in [6.07, 6.45) is 14.5. The summed E-state index contributed by atoms with van der Waals surface area (Å²) >= 11 is 1.90. The minimum atomic E-state index is -4.61. The molecule has 0 bridgehead atoms. The molecule has 2 rings (SSSR count). The largest absolute Gasteiger partial charge is 0.472 e. The molecule has 1 aromatic rings. The number of halogens is 4. The second kappa shape index (κ2) is 29.3. The maximum absolute atomic E-state index is 13.3. The van der Waals surface area contributed by atoms with E-state index in [9.17, 15) is 37.0 Å². The number of ether oxygens (including phenoxy) is 3. The Kier molecular flexibility index (Phi) is 26.4. The highest BCUT2D eigenvalue weighted by atomic mass is 127. The van der Waals surface area contributed by atoms with Gasteiger partial charge >= 0.3 is 37.6 Å². The molecule has 0 aromatic heterocycles. The first-order chi connectivity index (χ1) is 28.9. The van der Waals surface area contributed by atoms with Gasteiger partial charge in [0.1, 0.15) is 26.4 Å². The molecular formula is C43H71F3IN3O10P+. The van der Waals surface area contributed by atoms with Crippen molar-refractivity contribution in [1.29, 1.82) is 0 Å². The summed E-state index contributed by atoms with van der Waals surface area (Å²) < 4.78 is 79.9. The van der Waals surface area contributed by atoms with Gasteiger partial charge in [0.15, 0.2) is 6.10 Å². The summed E-state index contributed by atoms with van der Waals surface area (Å²) in [5.41, 5.74) is -1.99. The van der Waals surface area contributed by atoms with Gasteiger partial charge in [-0.2, -0.15) is 13.2 Å². The molecule has 0 saturated heterocycles. The first-order valence-electron chi connectivity index (χ1n) is 22.1. The number of nitrogens with zero attached hydrogens (tertiary/aromatic N) is 3. The van der Waals surface area contributed by atoms with Crippen molar-refractivity contribution in [3.8, 4) is 0 Å². The Labute approximate surface area is 374 Å². The lowest BCUT2D eigenvalue weighted by molar-refractivity contribution is -0.870. The number of quaternary nitrogens is 1. The fourth-order valence-electron chi connectivity index (χ4n) is 6.35. The van der Waals surface area contributed by atoms with Crippen molar-refractivity contribution in [1.82, 2.24) is 0 Å². The number of phosphoric acid groups is 1. The Hall–Kier alpha value is -2.18. The van der Waals surface area contributed by atoms with Gasteiger partial charge in [0, 0.05) is 34.0 Å². The van der Waals surface area contributed by atoms with E-state index in [1.165, 1.54) is 76.0 Å². The first kappa shape index (κ1) is 55.0. The van der Waals surface area contributed by atoms with Crippen LogP contribution in [0.4, 0.5) is 13.2 Å². The Bertz CT molecular complexity index is 1520. The monoisotopic (exact) mass is 1000 g/mol. The molecule has 13 nitrogen and oxygen atoms in total. The second-order valence-corrected chi connectivity index (χ2v) is 19.5. The molecule has 0 spiro atoms. The van der Waals surface area contributed by atoms with Crippen molar-refractivity contribution in [3.05, 3.63) is 32.9 Å². The Morgan fingerprint density at radius 2 is 1.21 bits per heavy atom. The molecule has 2 unspecified atom stereocenters. The van der Waals surface area contributed by atoms with Crippen molar-refractivity contribution >= 4 is 48.3 Å². The molecule has 61 heavy (non-hydrogen) atoms. The minimum absolute atomic E-state index is 0.0246. The zero-order valence-corrected chi connectivity index (χ0v) is 39.9. The van der Waals surface area contributed by atoms with Crippen LogP contribution in [0.25, 0.3) is 0 Å². The number of esters is 3. The van der Waals surface area contributed by atoms with E-state index < -0.39 is 50.3 Å². The minimum Gasteiger partial charge on any atom is -0.462 e. The molecule has 0 amide bonds. The summed E-state index contributed by atoms with van der Waals surface area (Å²) in [5, 5.41) is 6.43. The van der Waals surface area contributed by atoms with Crippen LogP contribution in [0, 0.1) is 3.57 Å². The van der Waals surface area contributed by atoms with Crippen LogP contribution >= 0.6 is 30.4 Å². The van der Waals surface area contributed by atoms with Gasteiger partial charge in [-0.05, 0) is 47.9 Å². The first-order valence-corrected chi connectivity index (χ1v) is 24.7. The van der Waals surface area contributed by atoms with E-state index in [1.54, 1.807) is 0 Å². The number of carbonyl (C=O) groups is 3. The predicted molar refractivity (Wildman–Crippen MR) is 234 cm³/mol. The van der Waals surface area contributed by atoms with E-state index in [-0.39, 0.29) is 44.6 Å². The molecule has 0 saturated carbocycles. The fraction of sp³-hybridized carbons (Fsp3) is 0.791. The second-order valence-electron chi connectivity index (χ2n) is 16.9. The van der Waals surface area contributed by atoms with E-state index >= 15 is 0 Å². The third-order valence-corrected chi connectivity index (χ3v) is 12.2. The number of likely N-dealkylation sites (N-methyl/N-ethyl adjacent to an activating group) is 1. The number of hydrogen-bond acceptors (Lipinski definition) is 11. The molecule has 1 aromatic carbocycles. The molecule has 1 aliphatic rings. The van der Waals surface area contributed by atoms with E-state index in [1.807, 2.05) is 43.7 Å². The van der Waals surface area contributed by atoms with Crippen LogP contribution in [0.15, 0.2) is 28.4 Å². The molecule has 1 N–H and O–H groups in total.